The van der Waals surface area contributed by atoms with E-state index in [0.29, 0.717) is 18.1 Å². The number of rotatable bonds is 9. The molecule has 41 heavy (non-hydrogen) atoms. The van der Waals surface area contributed by atoms with Crippen LogP contribution in [0.4, 0.5) is 10.5 Å². The van der Waals surface area contributed by atoms with Crippen LogP contribution in [0.2, 0.25) is 0 Å². The van der Waals surface area contributed by atoms with Gasteiger partial charge < -0.3 is 25.2 Å². The molecule has 1 spiro atoms. The van der Waals surface area contributed by atoms with E-state index in [0.717, 1.165) is 67.6 Å². The number of hydrogen-bond acceptors (Lipinski definition) is 4. The molecule has 2 N–H and O–H groups in total. The smallest absolute Gasteiger partial charge is 0.319 e. The Bertz CT molecular complexity index is 1280. The minimum absolute atomic E-state index is 0. The van der Waals surface area contributed by atoms with Crippen molar-refractivity contribution in [1.82, 2.24) is 15.1 Å². The van der Waals surface area contributed by atoms with E-state index in [1.165, 1.54) is 5.56 Å². The number of carbonyl (C=O) groups excluding carboxylic acids is 2. The fourth-order valence-corrected chi connectivity index (χ4v) is 6.11. The molecule has 2 aliphatic rings. The summed E-state index contributed by atoms with van der Waals surface area (Å²) < 4.78 is 6.25. The molecule has 0 aromatic heterocycles. The van der Waals surface area contributed by atoms with Crippen molar-refractivity contribution in [3.05, 3.63) is 94.5 Å². The largest absolute Gasteiger partial charge is 0.497 e. The van der Waals surface area contributed by atoms with Crippen LogP contribution in [0.5, 0.6) is 5.75 Å². The first kappa shape index (κ1) is 30.9. The average molecular weight is 642 g/mol. The molecule has 0 bridgehead atoms. The summed E-state index contributed by atoms with van der Waals surface area (Å²) in [5, 5.41) is 6.10. The number of hydrogen-bond donors (Lipinski definition) is 2. The summed E-state index contributed by atoms with van der Waals surface area (Å²) in [6, 6.07) is 25.3. The van der Waals surface area contributed by atoms with Crippen LogP contribution in [-0.2, 0) is 11.3 Å². The molecule has 218 valence electrons. The standard InChI is InChI=1S/C32H37BrN4O3.ClH/c1-40-28-13-11-27(12-14-28)34-31(39)35-29(25-5-3-2-4-6-25)15-19-36-20-16-32(17-21-36)18-22-37(30(32)38)23-24-7-9-26(33)10-8-24;/h2-14,29H,15-23H2,1H3,(H2,34,35,39);1H. The van der Waals surface area contributed by atoms with Gasteiger partial charge in [0, 0.05) is 29.8 Å². The predicted octanol–water partition coefficient (Wildman–Crippen LogP) is 6.65. The molecule has 5 rings (SSSR count). The third-order valence-electron chi connectivity index (χ3n) is 8.29. The lowest BCUT2D eigenvalue weighted by atomic mass is 9.77. The van der Waals surface area contributed by atoms with Gasteiger partial charge in [0.1, 0.15) is 5.75 Å². The van der Waals surface area contributed by atoms with E-state index in [-0.39, 0.29) is 29.9 Å². The zero-order valence-electron chi connectivity index (χ0n) is 23.4. The van der Waals surface area contributed by atoms with Crippen LogP contribution in [0.1, 0.15) is 42.9 Å². The number of halogens is 2. The molecule has 1 unspecified atom stereocenters. The summed E-state index contributed by atoms with van der Waals surface area (Å²) in [5.41, 5.74) is 2.74. The second-order valence-electron chi connectivity index (χ2n) is 10.8. The molecule has 7 nitrogen and oxygen atoms in total. The molecular weight excluding hydrogens is 604 g/mol. The van der Waals surface area contributed by atoms with Gasteiger partial charge in [-0.3, -0.25) is 4.79 Å². The van der Waals surface area contributed by atoms with Gasteiger partial charge in [-0.1, -0.05) is 58.4 Å². The van der Waals surface area contributed by atoms with Gasteiger partial charge in [0.15, 0.2) is 0 Å². The summed E-state index contributed by atoms with van der Waals surface area (Å²) in [6.07, 6.45) is 3.51. The van der Waals surface area contributed by atoms with E-state index in [2.05, 4.69) is 55.7 Å². The Balaban J connectivity index is 0.00000387. The fraction of sp³-hybridized carbons (Fsp3) is 0.375. The quantitative estimate of drug-likeness (QED) is 0.275. The molecule has 1 atom stereocenters. The highest BCUT2D eigenvalue weighted by Gasteiger charge is 2.47. The van der Waals surface area contributed by atoms with Gasteiger partial charge >= 0.3 is 6.03 Å². The number of nitrogens with zero attached hydrogens (tertiary/aromatic N) is 2. The molecule has 0 radical (unpaired) electrons. The zero-order valence-corrected chi connectivity index (χ0v) is 25.8. The Morgan fingerprint density at radius 2 is 1.61 bits per heavy atom. The van der Waals surface area contributed by atoms with Crippen molar-refractivity contribution in [2.45, 2.75) is 38.3 Å². The molecule has 2 aliphatic heterocycles. The maximum atomic E-state index is 13.5. The fourth-order valence-electron chi connectivity index (χ4n) is 5.84. The lowest BCUT2D eigenvalue weighted by Gasteiger charge is -2.38. The Hall–Kier alpha value is -3.07. The molecule has 2 heterocycles. The first-order chi connectivity index (χ1) is 19.4. The van der Waals surface area contributed by atoms with Crippen LogP contribution >= 0.6 is 28.3 Å². The highest BCUT2D eigenvalue weighted by atomic mass is 79.9. The normalized spacial score (nSPS) is 17.1. The van der Waals surface area contributed by atoms with Crippen molar-refractivity contribution >= 4 is 46.0 Å². The Labute approximate surface area is 257 Å². The number of urea groups is 1. The first-order valence-electron chi connectivity index (χ1n) is 14.0. The summed E-state index contributed by atoms with van der Waals surface area (Å²) in [5.74, 6) is 1.06. The monoisotopic (exact) mass is 640 g/mol. The van der Waals surface area contributed by atoms with Gasteiger partial charge in [-0.05, 0) is 86.3 Å². The Morgan fingerprint density at radius 3 is 2.27 bits per heavy atom. The number of carbonyl (C=O) groups is 2. The van der Waals surface area contributed by atoms with Gasteiger partial charge in [-0.25, -0.2) is 4.79 Å². The second-order valence-corrected chi connectivity index (χ2v) is 11.7. The van der Waals surface area contributed by atoms with E-state index in [1.54, 1.807) is 7.11 Å². The van der Waals surface area contributed by atoms with Gasteiger partial charge in [-0.2, -0.15) is 0 Å². The minimum Gasteiger partial charge on any atom is -0.497 e. The number of benzene rings is 3. The lowest BCUT2D eigenvalue weighted by molar-refractivity contribution is -0.138. The number of ether oxygens (including phenoxy) is 1. The van der Waals surface area contributed by atoms with Crippen LogP contribution in [-0.4, -0.2) is 55.0 Å². The number of piperidine rings is 1. The van der Waals surface area contributed by atoms with Gasteiger partial charge in [-0.15, -0.1) is 12.4 Å². The summed E-state index contributed by atoms with van der Waals surface area (Å²) >= 11 is 3.48. The minimum atomic E-state index is -0.237. The molecule has 9 heteroatoms. The topological polar surface area (TPSA) is 73.9 Å². The van der Waals surface area contributed by atoms with E-state index in [9.17, 15) is 9.59 Å². The van der Waals surface area contributed by atoms with Crippen molar-refractivity contribution in [3.63, 3.8) is 0 Å². The summed E-state index contributed by atoms with van der Waals surface area (Å²) in [4.78, 5) is 30.8. The first-order valence-corrected chi connectivity index (χ1v) is 14.8. The average Bonchev–Trinajstić information content (AvgIpc) is 3.28. The predicted molar refractivity (Wildman–Crippen MR) is 168 cm³/mol. The maximum absolute atomic E-state index is 13.5. The zero-order chi connectivity index (χ0) is 28.0. The second kappa shape index (κ2) is 14.2. The highest BCUT2D eigenvalue weighted by Crippen LogP contribution is 2.42. The molecule has 3 aromatic rings. The third-order valence-corrected chi connectivity index (χ3v) is 8.82. The van der Waals surface area contributed by atoms with E-state index >= 15 is 0 Å². The Kier molecular flexibility index (Phi) is 10.7. The van der Waals surface area contributed by atoms with Crippen LogP contribution in [0, 0.1) is 5.41 Å². The number of nitrogens with one attached hydrogen (secondary N) is 2. The van der Waals surface area contributed by atoms with Crippen LogP contribution in [0.3, 0.4) is 0 Å². The van der Waals surface area contributed by atoms with Crippen LogP contribution in [0.25, 0.3) is 0 Å². The van der Waals surface area contributed by atoms with Crippen molar-refractivity contribution in [2.24, 2.45) is 5.41 Å². The molecular formula is C32H38BrClN4O3. The number of methoxy groups -OCH3 is 1. The van der Waals surface area contributed by atoms with Crippen molar-refractivity contribution in [3.8, 4) is 5.75 Å². The summed E-state index contributed by atoms with van der Waals surface area (Å²) in [7, 11) is 1.62. The lowest BCUT2D eigenvalue weighted by Crippen LogP contribution is -2.45. The van der Waals surface area contributed by atoms with Gasteiger partial charge in [0.25, 0.3) is 0 Å². The molecule has 0 aliphatic carbocycles. The number of anilines is 1. The highest BCUT2D eigenvalue weighted by molar-refractivity contribution is 9.10. The SMILES string of the molecule is COc1ccc(NC(=O)NC(CCN2CCC3(CC2)CCN(Cc2ccc(Br)cc2)C3=O)c2ccccc2)cc1.Cl. The molecule has 2 saturated heterocycles. The van der Waals surface area contributed by atoms with Crippen molar-refractivity contribution in [1.29, 1.82) is 0 Å². The van der Waals surface area contributed by atoms with E-state index < -0.39 is 0 Å². The molecule has 2 fully saturated rings. The van der Waals surface area contributed by atoms with Crippen molar-refractivity contribution < 1.29 is 14.3 Å². The van der Waals surface area contributed by atoms with Gasteiger partial charge in [0.2, 0.25) is 5.91 Å². The molecule has 3 aromatic carbocycles. The molecule has 0 saturated carbocycles. The van der Waals surface area contributed by atoms with Crippen LogP contribution in [0.15, 0.2) is 83.3 Å². The molecule has 3 amide bonds. The van der Waals surface area contributed by atoms with Crippen LogP contribution < -0.4 is 15.4 Å². The van der Waals surface area contributed by atoms with Crippen molar-refractivity contribution in [2.75, 3.05) is 38.6 Å². The maximum Gasteiger partial charge on any atom is 0.319 e. The van der Waals surface area contributed by atoms with Gasteiger partial charge in [0.05, 0.1) is 18.6 Å². The Morgan fingerprint density at radius 1 is 0.951 bits per heavy atom. The van der Waals surface area contributed by atoms with E-state index in [1.807, 2.05) is 59.5 Å². The summed E-state index contributed by atoms with van der Waals surface area (Å²) in [6.45, 7) is 4.17. The number of amides is 3. The third kappa shape index (κ3) is 7.82. The number of likely N-dealkylation sites (tertiary alicyclic amines) is 2. The van der Waals surface area contributed by atoms with E-state index in [4.69, 9.17) is 4.74 Å².